The van der Waals surface area contributed by atoms with Crippen LogP contribution in [-0.4, -0.2) is 22.4 Å². The first-order valence-electron chi connectivity index (χ1n) is 8.67. The summed E-state index contributed by atoms with van der Waals surface area (Å²) in [6, 6.07) is 20.9. The number of rotatable bonds is 7. The topological polar surface area (TPSA) is 73.2 Å². The van der Waals surface area contributed by atoms with E-state index in [2.05, 4.69) is 0 Å². The van der Waals surface area contributed by atoms with E-state index in [1.165, 1.54) is 0 Å². The molecule has 5 nitrogen and oxygen atoms in total. The zero-order valence-electron chi connectivity index (χ0n) is 15.2. The molecule has 0 aromatic heterocycles. The number of nitrogens with zero attached hydrogens (tertiary/aromatic N) is 1. The van der Waals surface area contributed by atoms with Crippen molar-refractivity contribution in [3.63, 3.8) is 0 Å². The molecule has 27 heavy (non-hydrogen) atoms. The van der Waals surface area contributed by atoms with Gasteiger partial charge in [-0.2, -0.15) is 0 Å². The number of methoxy groups -OCH3 is 1. The minimum atomic E-state index is -0.0974. The first-order chi connectivity index (χ1) is 13.2. The largest absolute Gasteiger partial charge is 0.496 e. The number of hydrogen-bond donors (Lipinski definition) is 3. The summed E-state index contributed by atoms with van der Waals surface area (Å²) in [6.07, 6.45) is 0. The summed E-state index contributed by atoms with van der Waals surface area (Å²) in [7, 11) is 1.58. The molecule has 0 atom stereocenters. The molecule has 0 radical (unpaired) electrons. The third-order valence-corrected chi connectivity index (χ3v) is 4.45. The average molecular weight is 365 g/mol. The lowest BCUT2D eigenvalue weighted by Gasteiger charge is -2.26. The lowest BCUT2D eigenvalue weighted by Crippen LogP contribution is -2.10. The van der Waals surface area contributed by atoms with Gasteiger partial charge in [0.25, 0.3) is 0 Å². The maximum atomic E-state index is 9.49. The quantitative estimate of drug-likeness (QED) is 0.596. The van der Waals surface area contributed by atoms with Crippen LogP contribution in [0.1, 0.15) is 16.7 Å². The number of aliphatic hydroxyl groups is 3. The van der Waals surface area contributed by atoms with Crippen molar-refractivity contribution in [1.29, 1.82) is 0 Å². The van der Waals surface area contributed by atoms with Gasteiger partial charge in [-0.25, -0.2) is 0 Å². The number of aliphatic hydroxyl groups excluding tert-OH is 3. The molecule has 3 N–H and O–H groups in total. The Kier molecular flexibility index (Phi) is 6.08. The fraction of sp³-hybridized carbons (Fsp3) is 0.182. The Bertz CT molecular complexity index is 828. The lowest BCUT2D eigenvalue weighted by molar-refractivity contribution is 0.274. The zero-order valence-corrected chi connectivity index (χ0v) is 15.2. The first kappa shape index (κ1) is 18.9. The summed E-state index contributed by atoms with van der Waals surface area (Å²) in [4.78, 5) is 2.05. The van der Waals surface area contributed by atoms with Crippen LogP contribution in [0.3, 0.4) is 0 Å². The molecule has 0 aliphatic heterocycles. The Morgan fingerprint density at radius 3 is 1.56 bits per heavy atom. The summed E-state index contributed by atoms with van der Waals surface area (Å²) in [5.41, 5.74) is 5.10. The molecule has 0 bridgehead atoms. The maximum absolute atomic E-state index is 9.49. The van der Waals surface area contributed by atoms with Crippen LogP contribution >= 0.6 is 0 Å². The molecule has 0 unspecified atom stereocenters. The van der Waals surface area contributed by atoms with Gasteiger partial charge in [0.05, 0.1) is 26.9 Å². The third kappa shape index (κ3) is 4.11. The van der Waals surface area contributed by atoms with Crippen LogP contribution in [0, 0.1) is 0 Å². The molecule has 0 heterocycles. The minimum Gasteiger partial charge on any atom is -0.496 e. The smallest absolute Gasteiger partial charge is 0.126 e. The van der Waals surface area contributed by atoms with Crippen molar-refractivity contribution in [2.24, 2.45) is 0 Å². The van der Waals surface area contributed by atoms with Crippen molar-refractivity contribution < 1.29 is 20.1 Å². The molecular formula is C22H23NO4. The average Bonchev–Trinajstić information content (AvgIpc) is 2.74. The highest BCUT2D eigenvalue weighted by atomic mass is 16.5. The number of hydrogen-bond acceptors (Lipinski definition) is 5. The predicted molar refractivity (Wildman–Crippen MR) is 105 cm³/mol. The summed E-state index contributed by atoms with van der Waals surface area (Å²) < 4.78 is 5.42. The van der Waals surface area contributed by atoms with Gasteiger partial charge in [-0.1, -0.05) is 30.3 Å². The van der Waals surface area contributed by atoms with Crippen LogP contribution in [0.2, 0.25) is 0 Å². The fourth-order valence-corrected chi connectivity index (χ4v) is 2.95. The van der Waals surface area contributed by atoms with Gasteiger partial charge in [0.1, 0.15) is 5.75 Å². The van der Waals surface area contributed by atoms with Gasteiger partial charge < -0.3 is 25.0 Å². The van der Waals surface area contributed by atoms with E-state index in [0.717, 1.165) is 28.2 Å². The standard InChI is InChI=1S/C22H23NO4/c1-27-22-12-21(11-6-18(22)15-26)23(19-7-2-16(13-24)3-8-19)20-9-4-17(14-25)5-10-20/h2-12,24-26H,13-15H2,1H3. The maximum Gasteiger partial charge on any atom is 0.126 e. The van der Waals surface area contributed by atoms with E-state index < -0.39 is 0 Å². The summed E-state index contributed by atoms with van der Waals surface area (Å²) in [6.45, 7) is -0.116. The van der Waals surface area contributed by atoms with Crippen LogP contribution in [0.5, 0.6) is 5.75 Å². The second kappa shape index (κ2) is 8.68. The predicted octanol–water partition coefficient (Wildman–Crippen LogP) is 3.64. The van der Waals surface area contributed by atoms with E-state index >= 15 is 0 Å². The number of anilines is 3. The van der Waals surface area contributed by atoms with Crippen molar-refractivity contribution in [2.75, 3.05) is 12.0 Å². The Hall–Kier alpha value is -2.86. The molecule has 3 rings (SSSR count). The van der Waals surface area contributed by atoms with Crippen molar-refractivity contribution in [3.8, 4) is 5.75 Å². The molecule has 0 aliphatic carbocycles. The highest BCUT2D eigenvalue weighted by molar-refractivity contribution is 5.77. The molecule has 0 saturated heterocycles. The Morgan fingerprint density at radius 1 is 0.667 bits per heavy atom. The zero-order chi connectivity index (χ0) is 19.2. The third-order valence-electron chi connectivity index (χ3n) is 4.45. The molecule has 0 saturated carbocycles. The van der Waals surface area contributed by atoms with Crippen LogP contribution in [-0.2, 0) is 19.8 Å². The molecule has 0 aliphatic rings. The SMILES string of the molecule is COc1cc(N(c2ccc(CO)cc2)c2ccc(CO)cc2)ccc1CO. The van der Waals surface area contributed by atoms with E-state index in [1.54, 1.807) is 7.11 Å². The van der Waals surface area contributed by atoms with E-state index in [4.69, 9.17) is 4.74 Å². The number of ether oxygens (including phenoxy) is 1. The van der Waals surface area contributed by atoms with Crippen LogP contribution in [0.25, 0.3) is 0 Å². The van der Waals surface area contributed by atoms with E-state index in [9.17, 15) is 15.3 Å². The van der Waals surface area contributed by atoms with Crippen molar-refractivity contribution in [1.82, 2.24) is 0 Å². The fourth-order valence-electron chi connectivity index (χ4n) is 2.95. The molecule has 3 aromatic carbocycles. The molecular weight excluding hydrogens is 342 g/mol. The van der Waals surface area contributed by atoms with Crippen molar-refractivity contribution >= 4 is 17.1 Å². The minimum absolute atomic E-state index is 0.00943. The summed E-state index contributed by atoms with van der Waals surface area (Å²) in [5.74, 6) is 0.610. The highest BCUT2D eigenvalue weighted by Crippen LogP contribution is 2.37. The van der Waals surface area contributed by atoms with Crippen LogP contribution in [0.4, 0.5) is 17.1 Å². The van der Waals surface area contributed by atoms with Gasteiger partial charge in [-0.3, -0.25) is 0 Å². The molecule has 0 amide bonds. The monoisotopic (exact) mass is 365 g/mol. The summed E-state index contributed by atoms with van der Waals surface area (Å²) >= 11 is 0. The second-order valence-electron chi connectivity index (χ2n) is 6.14. The first-order valence-corrected chi connectivity index (χ1v) is 8.67. The Balaban J connectivity index is 2.10. The normalized spacial score (nSPS) is 10.7. The van der Waals surface area contributed by atoms with Crippen molar-refractivity contribution in [2.45, 2.75) is 19.8 Å². The molecule has 5 heteroatoms. The highest BCUT2D eigenvalue weighted by Gasteiger charge is 2.15. The van der Waals surface area contributed by atoms with E-state index in [-0.39, 0.29) is 19.8 Å². The lowest BCUT2D eigenvalue weighted by atomic mass is 10.1. The van der Waals surface area contributed by atoms with Gasteiger partial charge >= 0.3 is 0 Å². The van der Waals surface area contributed by atoms with Crippen LogP contribution < -0.4 is 9.64 Å². The molecule has 0 spiro atoms. The van der Waals surface area contributed by atoms with Crippen LogP contribution in [0.15, 0.2) is 66.7 Å². The van der Waals surface area contributed by atoms with Gasteiger partial charge in [0, 0.05) is 28.7 Å². The molecule has 140 valence electrons. The molecule has 0 fully saturated rings. The van der Waals surface area contributed by atoms with Gasteiger partial charge in [-0.15, -0.1) is 0 Å². The van der Waals surface area contributed by atoms with E-state index in [0.29, 0.717) is 11.3 Å². The second-order valence-corrected chi connectivity index (χ2v) is 6.14. The Labute approximate surface area is 158 Å². The number of benzene rings is 3. The Morgan fingerprint density at radius 2 is 1.15 bits per heavy atom. The van der Waals surface area contributed by atoms with Gasteiger partial charge in [-0.05, 0) is 41.5 Å². The van der Waals surface area contributed by atoms with Gasteiger partial charge in [0.2, 0.25) is 0 Å². The van der Waals surface area contributed by atoms with Gasteiger partial charge in [0.15, 0.2) is 0 Å². The van der Waals surface area contributed by atoms with E-state index in [1.807, 2.05) is 71.6 Å². The van der Waals surface area contributed by atoms with Crippen molar-refractivity contribution in [3.05, 3.63) is 83.4 Å². The summed E-state index contributed by atoms with van der Waals surface area (Å²) in [5, 5.41) is 28.1. The molecule has 3 aromatic rings.